The van der Waals surface area contributed by atoms with Gasteiger partial charge in [-0.05, 0) is 41.1 Å². The van der Waals surface area contributed by atoms with E-state index in [0.717, 1.165) is 10.6 Å². The normalized spacial score (nSPS) is 10.4. The maximum absolute atomic E-state index is 11.9. The molecule has 3 nitrogen and oxygen atoms in total. The van der Waals surface area contributed by atoms with Gasteiger partial charge in [-0.3, -0.25) is 4.79 Å². The monoisotopic (exact) mass is 344 g/mol. The molecule has 0 aliphatic rings. The second-order valence-electron chi connectivity index (χ2n) is 3.67. The van der Waals surface area contributed by atoms with Crippen LogP contribution < -0.4 is 5.32 Å². The number of hydrogen-bond donors (Lipinski definition) is 1. The molecule has 6 heteroatoms. The standard InChI is InChI=1S/C12H10BrClN2OS/c1-7-11(18-6-16-7)5-15-12(17)8-2-3-10(14)9(13)4-8/h2-4,6H,5H2,1H3,(H,15,17). The summed E-state index contributed by atoms with van der Waals surface area (Å²) < 4.78 is 0.714. The maximum atomic E-state index is 11.9. The van der Waals surface area contributed by atoms with Crippen LogP contribution in [0.15, 0.2) is 28.2 Å². The lowest BCUT2D eigenvalue weighted by molar-refractivity contribution is 0.0951. The number of carbonyl (C=O) groups excluding carboxylic acids is 1. The molecule has 0 aliphatic carbocycles. The molecule has 1 amide bonds. The van der Waals surface area contributed by atoms with E-state index in [4.69, 9.17) is 11.6 Å². The summed E-state index contributed by atoms with van der Waals surface area (Å²) in [5.74, 6) is -0.125. The molecule has 0 aliphatic heterocycles. The summed E-state index contributed by atoms with van der Waals surface area (Å²) in [6.07, 6.45) is 0. The molecule has 1 aromatic heterocycles. The summed E-state index contributed by atoms with van der Waals surface area (Å²) in [7, 11) is 0. The molecular formula is C12H10BrClN2OS. The van der Waals surface area contributed by atoms with Gasteiger partial charge in [0, 0.05) is 14.9 Å². The number of rotatable bonds is 3. The van der Waals surface area contributed by atoms with Gasteiger partial charge in [-0.25, -0.2) is 4.98 Å². The van der Waals surface area contributed by atoms with Crippen molar-refractivity contribution in [3.05, 3.63) is 49.3 Å². The molecule has 0 spiro atoms. The van der Waals surface area contributed by atoms with Gasteiger partial charge in [0.2, 0.25) is 0 Å². The molecule has 0 saturated carbocycles. The summed E-state index contributed by atoms with van der Waals surface area (Å²) in [4.78, 5) is 17.1. The molecule has 94 valence electrons. The molecule has 1 N–H and O–H groups in total. The van der Waals surface area contributed by atoms with E-state index in [0.29, 0.717) is 21.6 Å². The van der Waals surface area contributed by atoms with E-state index in [1.165, 1.54) is 11.3 Å². The predicted molar refractivity (Wildman–Crippen MR) is 77.2 cm³/mol. The molecule has 0 saturated heterocycles. The van der Waals surface area contributed by atoms with E-state index >= 15 is 0 Å². The van der Waals surface area contributed by atoms with Crippen LogP contribution in [0.2, 0.25) is 5.02 Å². The van der Waals surface area contributed by atoms with Crippen LogP contribution in [0.3, 0.4) is 0 Å². The number of hydrogen-bond acceptors (Lipinski definition) is 3. The summed E-state index contributed by atoms with van der Waals surface area (Å²) in [5, 5.41) is 3.44. The maximum Gasteiger partial charge on any atom is 0.251 e. The summed E-state index contributed by atoms with van der Waals surface area (Å²) in [5.41, 5.74) is 3.31. The number of halogens is 2. The van der Waals surface area contributed by atoms with Crippen LogP contribution in [0.5, 0.6) is 0 Å². The second kappa shape index (κ2) is 5.82. The molecule has 18 heavy (non-hydrogen) atoms. The Morgan fingerprint density at radius 2 is 2.33 bits per heavy atom. The van der Waals surface area contributed by atoms with Gasteiger partial charge in [-0.15, -0.1) is 11.3 Å². The van der Waals surface area contributed by atoms with Crippen molar-refractivity contribution in [3.63, 3.8) is 0 Å². The largest absolute Gasteiger partial charge is 0.347 e. The van der Waals surface area contributed by atoms with Crippen molar-refractivity contribution >= 4 is 44.8 Å². The van der Waals surface area contributed by atoms with Crippen LogP contribution in [0.4, 0.5) is 0 Å². The third kappa shape index (κ3) is 3.10. The van der Waals surface area contributed by atoms with Crippen molar-refractivity contribution in [2.24, 2.45) is 0 Å². The van der Waals surface area contributed by atoms with Crippen molar-refractivity contribution in [3.8, 4) is 0 Å². The lowest BCUT2D eigenvalue weighted by Gasteiger charge is -2.05. The van der Waals surface area contributed by atoms with E-state index < -0.39 is 0 Å². The van der Waals surface area contributed by atoms with Crippen molar-refractivity contribution in [2.75, 3.05) is 0 Å². The highest BCUT2D eigenvalue weighted by Gasteiger charge is 2.09. The molecule has 1 aromatic carbocycles. The van der Waals surface area contributed by atoms with Crippen molar-refractivity contribution < 1.29 is 4.79 Å². The number of aromatic nitrogens is 1. The van der Waals surface area contributed by atoms with E-state index in [9.17, 15) is 4.79 Å². The highest BCUT2D eigenvalue weighted by atomic mass is 79.9. The van der Waals surface area contributed by atoms with Crippen LogP contribution in [-0.2, 0) is 6.54 Å². The molecule has 0 radical (unpaired) electrons. The number of thiazole rings is 1. The van der Waals surface area contributed by atoms with Crippen LogP contribution >= 0.6 is 38.9 Å². The highest BCUT2D eigenvalue weighted by Crippen LogP contribution is 2.23. The topological polar surface area (TPSA) is 42.0 Å². The summed E-state index contributed by atoms with van der Waals surface area (Å²) in [6, 6.07) is 5.09. The van der Waals surface area contributed by atoms with Crippen molar-refractivity contribution in [1.82, 2.24) is 10.3 Å². The van der Waals surface area contributed by atoms with Gasteiger partial charge in [0.05, 0.1) is 22.8 Å². The van der Waals surface area contributed by atoms with Crippen molar-refractivity contribution in [2.45, 2.75) is 13.5 Å². The van der Waals surface area contributed by atoms with Gasteiger partial charge >= 0.3 is 0 Å². The number of amides is 1. The van der Waals surface area contributed by atoms with Crippen LogP contribution in [0, 0.1) is 6.92 Å². The first-order valence-corrected chi connectivity index (χ1v) is 7.25. The molecule has 2 rings (SSSR count). The smallest absolute Gasteiger partial charge is 0.251 e. The fourth-order valence-corrected chi connectivity index (χ4v) is 2.61. The first-order valence-electron chi connectivity index (χ1n) is 5.20. The minimum Gasteiger partial charge on any atom is -0.347 e. The second-order valence-corrected chi connectivity index (χ2v) is 5.87. The number of carbonyl (C=O) groups is 1. The van der Waals surface area contributed by atoms with Gasteiger partial charge in [0.25, 0.3) is 5.91 Å². The molecule has 0 fully saturated rings. The number of nitrogens with zero attached hydrogens (tertiary/aromatic N) is 1. The van der Waals surface area contributed by atoms with Gasteiger partial charge in [-0.1, -0.05) is 11.6 Å². The zero-order valence-electron chi connectivity index (χ0n) is 9.54. The molecular weight excluding hydrogens is 336 g/mol. The first kappa shape index (κ1) is 13.5. The molecule has 2 aromatic rings. The van der Waals surface area contributed by atoms with Gasteiger partial charge in [-0.2, -0.15) is 0 Å². The number of aryl methyl sites for hydroxylation is 1. The summed E-state index contributed by atoms with van der Waals surface area (Å²) >= 11 is 10.7. The van der Waals surface area contributed by atoms with E-state index in [2.05, 4.69) is 26.2 Å². The molecule has 0 unspecified atom stereocenters. The SMILES string of the molecule is Cc1ncsc1CNC(=O)c1ccc(Cl)c(Br)c1. The van der Waals surface area contributed by atoms with E-state index in [-0.39, 0.29) is 5.91 Å². The van der Waals surface area contributed by atoms with E-state index in [1.54, 1.807) is 23.7 Å². The molecule has 0 atom stereocenters. The lowest BCUT2D eigenvalue weighted by Crippen LogP contribution is -2.22. The summed E-state index contributed by atoms with van der Waals surface area (Å²) in [6.45, 7) is 2.42. The quantitative estimate of drug-likeness (QED) is 0.919. The molecule has 1 heterocycles. The Balaban J connectivity index is 2.04. The van der Waals surface area contributed by atoms with Gasteiger partial charge in [0.15, 0.2) is 0 Å². The van der Waals surface area contributed by atoms with Crippen LogP contribution in [0.1, 0.15) is 20.9 Å². The van der Waals surface area contributed by atoms with Gasteiger partial charge < -0.3 is 5.32 Å². The minimum atomic E-state index is -0.125. The zero-order chi connectivity index (χ0) is 13.1. The Bertz CT molecular complexity index is 585. The van der Waals surface area contributed by atoms with Crippen LogP contribution in [-0.4, -0.2) is 10.9 Å². The third-order valence-electron chi connectivity index (χ3n) is 2.44. The van der Waals surface area contributed by atoms with Crippen molar-refractivity contribution in [1.29, 1.82) is 0 Å². The Hall–Kier alpha value is -0.910. The lowest BCUT2D eigenvalue weighted by atomic mass is 10.2. The fraction of sp³-hybridized carbons (Fsp3) is 0.167. The fourth-order valence-electron chi connectivity index (χ4n) is 1.40. The highest BCUT2D eigenvalue weighted by molar-refractivity contribution is 9.10. The van der Waals surface area contributed by atoms with E-state index in [1.807, 2.05) is 6.92 Å². The Morgan fingerprint density at radius 3 is 2.94 bits per heavy atom. The Morgan fingerprint density at radius 1 is 1.56 bits per heavy atom. The zero-order valence-corrected chi connectivity index (χ0v) is 12.7. The van der Waals surface area contributed by atoms with Gasteiger partial charge in [0.1, 0.15) is 0 Å². The number of benzene rings is 1. The average Bonchev–Trinajstić information content (AvgIpc) is 2.75. The average molecular weight is 346 g/mol. The molecule has 0 bridgehead atoms. The predicted octanol–water partition coefficient (Wildman–Crippen LogP) is 3.80. The third-order valence-corrected chi connectivity index (χ3v) is 4.59. The van der Waals surface area contributed by atoms with Crippen LogP contribution in [0.25, 0.3) is 0 Å². The number of nitrogens with one attached hydrogen (secondary N) is 1. The Labute approximate surface area is 122 Å². The Kier molecular flexibility index (Phi) is 4.37. The first-order chi connectivity index (χ1) is 8.58. The minimum absolute atomic E-state index is 0.125.